The number of aromatic nitrogens is 5. The number of fused-ring (bicyclic) bond motifs is 3. The molecule has 6 heterocycles. The maximum Gasteiger partial charge on any atom is 0.319 e. The number of amides is 1. The average molecular weight is 729 g/mol. The van der Waals surface area contributed by atoms with Crippen LogP contribution in [0.3, 0.4) is 0 Å². The third kappa shape index (κ3) is 6.13. The van der Waals surface area contributed by atoms with E-state index >= 15 is 4.39 Å². The van der Waals surface area contributed by atoms with Crippen molar-refractivity contribution in [3.05, 3.63) is 71.0 Å². The molecule has 3 fully saturated rings. The van der Waals surface area contributed by atoms with E-state index < -0.39 is 11.6 Å². The van der Waals surface area contributed by atoms with E-state index in [0.29, 0.717) is 59.5 Å². The first-order valence-electron chi connectivity index (χ1n) is 17.8. The summed E-state index contributed by atoms with van der Waals surface area (Å²) in [5, 5.41) is 5.25. The number of likely N-dealkylation sites (tertiary alicyclic amines) is 1. The summed E-state index contributed by atoms with van der Waals surface area (Å²) >= 11 is 6.44. The van der Waals surface area contributed by atoms with Crippen molar-refractivity contribution < 1.29 is 22.8 Å². The Kier molecular flexibility index (Phi) is 9.02. The first-order valence-corrected chi connectivity index (χ1v) is 18.1. The van der Waals surface area contributed by atoms with Gasteiger partial charge in [0.1, 0.15) is 29.5 Å². The quantitative estimate of drug-likeness (QED) is 0.147. The van der Waals surface area contributed by atoms with E-state index in [4.69, 9.17) is 25.8 Å². The fraction of sp³-hybridized carbons (Fsp3) is 0.421. The second kappa shape index (κ2) is 13.7. The van der Waals surface area contributed by atoms with E-state index in [1.165, 1.54) is 18.2 Å². The molecule has 1 atom stereocenters. The van der Waals surface area contributed by atoms with Gasteiger partial charge in [-0.15, -0.1) is 0 Å². The number of nitrogens with zero attached hydrogens (tertiary/aromatic N) is 8. The lowest BCUT2D eigenvalue weighted by Crippen LogP contribution is -2.43. The number of halogens is 3. The summed E-state index contributed by atoms with van der Waals surface area (Å²) < 4.78 is 43.1. The third-order valence-corrected chi connectivity index (χ3v) is 11.2. The zero-order valence-corrected chi connectivity index (χ0v) is 30.0. The Morgan fingerprint density at radius 1 is 1.13 bits per heavy atom. The molecule has 14 heteroatoms. The molecular formula is C38H39ClF2N8O3. The van der Waals surface area contributed by atoms with E-state index in [9.17, 15) is 9.18 Å². The molecule has 0 saturated carbocycles. The third-order valence-electron chi connectivity index (χ3n) is 10.8. The van der Waals surface area contributed by atoms with Crippen molar-refractivity contribution in [3.63, 3.8) is 0 Å². The van der Waals surface area contributed by atoms with Crippen molar-refractivity contribution >= 4 is 51.1 Å². The van der Waals surface area contributed by atoms with Gasteiger partial charge < -0.3 is 19.1 Å². The number of likely N-dealkylation sites (N-methyl/N-ethyl adjacent to an activating group) is 1. The van der Waals surface area contributed by atoms with E-state index in [2.05, 4.69) is 25.0 Å². The molecule has 0 radical (unpaired) electrons. The number of anilines is 1. The van der Waals surface area contributed by atoms with Crippen LogP contribution >= 0.6 is 11.6 Å². The number of benzene rings is 2. The molecule has 0 bridgehead atoms. The molecule has 3 aliphatic rings. The summed E-state index contributed by atoms with van der Waals surface area (Å²) in [5.41, 5.74) is 0.296. The average Bonchev–Trinajstić information content (AvgIpc) is 3.96. The van der Waals surface area contributed by atoms with E-state index in [1.54, 1.807) is 35.4 Å². The monoisotopic (exact) mass is 728 g/mol. The van der Waals surface area contributed by atoms with Crippen LogP contribution in [0.2, 0.25) is 5.02 Å². The van der Waals surface area contributed by atoms with Gasteiger partial charge in [-0.25, -0.2) is 8.78 Å². The SMILES string of the molecule is CC(C)c1noc(/C=C/C(=O)N2CC[C@@H](N(C)c3nc(OCC45CCCN4CCC5)nc4c(F)c(-c5cccc6ccc(F)c(Cl)c56)ncc34)C2)n1. The molecule has 11 nitrogen and oxygen atoms in total. The highest BCUT2D eigenvalue weighted by Gasteiger charge is 2.45. The number of pyridine rings is 1. The predicted octanol–water partition coefficient (Wildman–Crippen LogP) is 7.04. The van der Waals surface area contributed by atoms with E-state index in [0.717, 1.165) is 38.8 Å². The van der Waals surface area contributed by atoms with Crippen molar-refractivity contribution in [2.75, 3.05) is 44.7 Å². The van der Waals surface area contributed by atoms with Crippen LogP contribution in [-0.4, -0.2) is 92.2 Å². The van der Waals surface area contributed by atoms with Crippen LogP contribution in [0.5, 0.6) is 6.01 Å². The summed E-state index contributed by atoms with van der Waals surface area (Å²) in [6, 6.07) is 8.04. The molecule has 2 aromatic carbocycles. The van der Waals surface area contributed by atoms with Gasteiger partial charge >= 0.3 is 6.01 Å². The Morgan fingerprint density at radius 3 is 2.71 bits per heavy atom. The summed E-state index contributed by atoms with van der Waals surface area (Å²) in [4.78, 5) is 37.7. The molecule has 3 aliphatic heterocycles. The summed E-state index contributed by atoms with van der Waals surface area (Å²) in [6.07, 6.45) is 9.43. The standard InChI is InChI=1S/C38H39ClF2N8O3/c1-22(2)35-43-28(52-46-35)11-12-29(50)48-18-13-24(20-48)47(3)36-26-19-42-33(25-8-4-7-23-9-10-27(40)31(39)30(23)25)32(41)34(26)44-37(45-36)51-21-38-14-5-16-49(38)17-6-15-38/h4,7-12,19,22,24H,5-6,13-18,20-21H2,1-3H3/b12-11+/t24-/m1/s1. The van der Waals surface area contributed by atoms with Gasteiger partial charge in [-0.3, -0.25) is 14.7 Å². The lowest BCUT2D eigenvalue weighted by molar-refractivity contribution is -0.124. The number of carbonyl (C=O) groups excluding carboxylic acids is 1. The van der Waals surface area contributed by atoms with Crippen molar-refractivity contribution in [3.8, 4) is 17.3 Å². The maximum atomic E-state index is 16.9. The zero-order chi connectivity index (χ0) is 36.1. The highest BCUT2D eigenvalue weighted by atomic mass is 35.5. The Morgan fingerprint density at radius 2 is 1.94 bits per heavy atom. The first kappa shape index (κ1) is 34.3. The molecule has 3 aromatic heterocycles. The van der Waals surface area contributed by atoms with Gasteiger partial charge in [0.25, 0.3) is 5.89 Å². The van der Waals surface area contributed by atoms with Gasteiger partial charge in [0.2, 0.25) is 5.91 Å². The number of hydrogen-bond acceptors (Lipinski definition) is 10. The van der Waals surface area contributed by atoms with Gasteiger partial charge in [0, 0.05) is 61.4 Å². The fourth-order valence-electron chi connectivity index (χ4n) is 7.94. The number of rotatable bonds is 9. The molecule has 0 N–H and O–H groups in total. The van der Waals surface area contributed by atoms with Crippen LogP contribution in [0.15, 0.2) is 47.1 Å². The summed E-state index contributed by atoms with van der Waals surface area (Å²) in [7, 11) is 1.87. The van der Waals surface area contributed by atoms with Crippen LogP contribution < -0.4 is 9.64 Å². The summed E-state index contributed by atoms with van der Waals surface area (Å²) in [5.74, 6) is -0.0866. The lowest BCUT2D eigenvalue weighted by atomic mass is 9.95. The van der Waals surface area contributed by atoms with Crippen LogP contribution in [-0.2, 0) is 4.79 Å². The van der Waals surface area contributed by atoms with Crippen molar-refractivity contribution in [1.29, 1.82) is 0 Å². The molecule has 0 unspecified atom stereocenters. The van der Waals surface area contributed by atoms with E-state index in [-0.39, 0.29) is 51.5 Å². The van der Waals surface area contributed by atoms with Gasteiger partial charge in [-0.1, -0.05) is 54.9 Å². The van der Waals surface area contributed by atoms with E-state index in [1.807, 2.05) is 25.8 Å². The van der Waals surface area contributed by atoms with Crippen LogP contribution in [0.25, 0.3) is 39.0 Å². The largest absolute Gasteiger partial charge is 0.461 e. The van der Waals surface area contributed by atoms with Gasteiger partial charge in [-0.05, 0) is 56.6 Å². The number of carbonyl (C=O) groups is 1. The summed E-state index contributed by atoms with van der Waals surface area (Å²) in [6.45, 7) is 7.32. The Hall–Kier alpha value is -4.75. The fourth-order valence-corrected chi connectivity index (χ4v) is 8.21. The molecule has 8 rings (SSSR count). The van der Waals surface area contributed by atoms with Gasteiger partial charge in [-0.2, -0.15) is 15.0 Å². The van der Waals surface area contributed by atoms with Crippen molar-refractivity contribution in [2.24, 2.45) is 0 Å². The zero-order valence-electron chi connectivity index (χ0n) is 29.3. The second-order valence-electron chi connectivity index (χ2n) is 14.3. The smallest absolute Gasteiger partial charge is 0.319 e. The van der Waals surface area contributed by atoms with Gasteiger partial charge in [0.15, 0.2) is 11.6 Å². The van der Waals surface area contributed by atoms with Crippen LogP contribution in [0.4, 0.5) is 14.6 Å². The molecule has 5 aromatic rings. The van der Waals surface area contributed by atoms with Crippen LogP contribution in [0, 0.1) is 11.6 Å². The maximum absolute atomic E-state index is 16.9. The number of hydrogen-bond donors (Lipinski definition) is 0. The Bertz CT molecular complexity index is 2200. The Labute approximate surface area is 304 Å². The molecule has 270 valence electrons. The molecule has 1 amide bonds. The van der Waals surface area contributed by atoms with Gasteiger partial charge in [0.05, 0.1) is 15.9 Å². The number of ether oxygens (including phenoxy) is 1. The predicted molar refractivity (Wildman–Crippen MR) is 194 cm³/mol. The topological polar surface area (TPSA) is 114 Å². The van der Waals surface area contributed by atoms with Crippen molar-refractivity contribution in [1.82, 2.24) is 34.9 Å². The molecular weight excluding hydrogens is 690 g/mol. The highest BCUT2D eigenvalue weighted by Crippen LogP contribution is 2.41. The second-order valence-corrected chi connectivity index (χ2v) is 14.7. The van der Waals surface area contributed by atoms with Crippen molar-refractivity contribution in [2.45, 2.75) is 63.5 Å². The minimum Gasteiger partial charge on any atom is -0.461 e. The normalized spacial score (nSPS) is 18.8. The molecule has 0 aliphatic carbocycles. The molecule has 52 heavy (non-hydrogen) atoms. The first-order chi connectivity index (χ1) is 25.1. The molecule has 3 saturated heterocycles. The highest BCUT2D eigenvalue weighted by molar-refractivity contribution is 6.36. The Balaban J connectivity index is 1.13. The lowest BCUT2D eigenvalue weighted by Gasteiger charge is -2.31. The molecule has 0 spiro atoms. The van der Waals surface area contributed by atoms with Crippen LogP contribution in [0.1, 0.15) is 63.6 Å². The minimum absolute atomic E-state index is 0.00797. The minimum atomic E-state index is -0.691.